The molecule has 1 aliphatic rings. The molecule has 1 N–H and O–H groups in total. The molecule has 0 fully saturated rings. The number of amides is 1. The van der Waals surface area contributed by atoms with Crippen molar-refractivity contribution in [1.29, 1.82) is 0 Å². The predicted molar refractivity (Wildman–Crippen MR) is 145 cm³/mol. The highest BCUT2D eigenvalue weighted by atomic mass is 32.2. The Kier molecular flexibility index (Phi) is 7.26. The molecule has 0 spiro atoms. The Morgan fingerprint density at radius 2 is 1.79 bits per heavy atom. The van der Waals surface area contributed by atoms with Crippen LogP contribution in [0.4, 0.5) is 5.69 Å². The Balaban J connectivity index is 1.39. The van der Waals surface area contributed by atoms with Crippen molar-refractivity contribution in [3.8, 4) is 0 Å². The quantitative estimate of drug-likeness (QED) is 0.372. The van der Waals surface area contributed by atoms with E-state index in [1.807, 2.05) is 24.3 Å². The first-order valence-corrected chi connectivity index (χ1v) is 13.8. The average Bonchev–Trinajstić information content (AvgIpc) is 2.94. The molecule has 1 amide bonds. The fourth-order valence-electron chi connectivity index (χ4n) is 4.67. The summed E-state index contributed by atoms with van der Waals surface area (Å²) in [6.45, 7) is 1.01. The third kappa shape index (κ3) is 5.05. The molecule has 0 saturated carbocycles. The third-order valence-corrected chi connectivity index (χ3v) is 8.44. The van der Waals surface area contributed by atoms with Crippen LogP contribution in [-0.2, 0) is 27.7 Å². The van der Waals surface area contributed by atoms with Gasteiger partial charge in [0.15, 0.2) is 0 Å². The first kappa shape index (κ1) is 25.6. The third-order valence-electron chi connectivity index (χ3n) is 6.61. The number of nitrogens with zero attached hydrogens (tertiary/aromatic N) is 3. The van der Waals surface area contributed by atoms with Crippen LogP contribution in [0, 0.1) is 0 Å². The number of aromatic nitrogens is 2. The van der Waals surface area contributed by atoms with Crippen LogP contribution in [0.5, 0.6) is 0 Å². The Morgan fingerprint density at radius 1 is 1.05 bits per heavy atom. The van der Waals surface area contributed by atoms with Crippen molar-refractivity contribution in [3.63, 3.8) is 0 Å². The fourth-order valence-corrected chi connectivity index (χ4v) is 6.21. The lowest BCUT2D eigenvalue weighted by atomic mass is 10.0. The first-order valence-electron chi connectivity index (χ1n) is 12.4. The predicted octanol–water partition coefficient (Wildman–Crippen LogP) is 3.35. The summed E-state index contributed by atoms with van der Waals surface area (Å²) in [5.41, 5.74) is 2.28. The van der Waals surface area contributed by atoms with Gasteiger partial charge in [-0.15, -0.1) is 0 Å². The molecule has 5 rings (SSSR count). The number of rotatable bonds is 8. The highest BCUT2D eigenvalue weighted by Gasteiger charge is 2.29. The van der Waals surface area contributed by atoms with Crippen molar-refractivity contribution in [2.75, 3.05) is 31.1 Å². The molecule has 1 aromatic heterocycles. The number of nitrogens with one attached hydrogen (secondary N) is 1. The minimum absolute atomic E-state index is 0.0624. The van der Waals surface area contributed by atoms with Gasteiger partial charge in [0.2, 0.25) is 0 Å². The van der Waals surface area contributed by atoms with Gasteiger partial charge in [-0.2, -0.15) is 0 Å². The molecule has 10 heteroatoms. The van der Waals surface area contributed by atoms with E-state index in [1.165, 1.54) is 40.6 Å². The molecule has 196 valence electrons. The molecule has 0 radical (unpaired) electrons. The number of aromatic amines is 1. The molecule has 38 heavy (non-hydrogen) atoms. The molecule has 1 aliphatic heterocycles. The van der Waals surface area contributed by atoms with Crippen molar-refractivity contribution in [2.45, 2.75) is 24.3 Å². The molecule has 0 atom stereocenters. The molecular weight excluding hydrogens is 504 g/mol. The van der Waals surface area contributed by atoms with Crippen molar-refractivity contribution in [3.05, 3.63) is 100 Å². The Morgan fingerprint density at radius 3 is 2.58 bits per heavy atom. The lowest BCUT2D eigenvalue weighted by Gasteiger charge is -2.30. The van der Waals surface area contributed by atoms with E-state index in [-0.39, 0.29) is 36.1 Å². The average molecular weight is 533 g/mol. The molecule has 0 unspecified atom stereocenters. The van der Waals surface area contributed by atoms with Crippen LogP contribution in [0.15, 0.2) is 82.5 Å². The second-order valence-electron chi connectivity index (χ2n) is 9.08. The monoisotopic (exact) mass is 532 g/mol. The number of carbonyl (C=O) groups is 1. The topological polar surface area (TPSA) is 113 Å². The van der Waals surface area contributed by atoms with Crippen LogP contribution in [0.2, 0.25) is 0 Å². The summed E-state index contributed by atoms with van der Waals surface area (Å²) < 4.78 is 33.5. The Bertz CT molecular complexity index is 1630. The summed E-state index contributed by atoms with van der Waals surface area (Å²) in [6, 6.07) is 20.5. The van der Waals surface area contributed by atoms with E-state index in [0.717, 1.165) is 18.4 Å². The summed E-state index contributed by atoms with van der Waals surface area (Å²) in [4.78, 5) is 34.8. The standard InChI is InChI=1S/C28H28N4O5S/c1-37-18-17-31(19-26-29-24-10-4-3-9-23(24)27(33)30-26)28(34)21-12-14-22(15-13-21)38(35,36)32-16-6-8-20-7-2-5-11-25(20)32/h2-5,7,9-15H,6,8,16-19H2,1H3,(H,29,30,33). The molecule has 0 aliphatic carbocycles. The van der Waals surface area contributed by atoms with Crippen molar-refractivity contribution in [1.82, 2.24) is 14.9 Å². The maximum atomic E-state index is 13.5. The van der Waals surface area contributed by atoms with Gasteiger partial charge in [-0.25, -0.2) is 13.4 Å². The van der Waals surface area contributed by atoms with E-state index in [2.05, 4.69) is 9.97 Å². The zero-order valence-corrected chi connectivity index (χ0v) is 21.8. The largest absolute Gasteiger partial charge is 0.383 e. The molecule has 3 aromatic carbocycles. The maximum Gasteiger partial charge on any atom is 0.264 e. The number of methoxy groups -OCH3 is 1. The zero-order valence-electron chi connectivity index (χ0n) is 21.0. The first-order chi connectivity index (χ1) is 18.4. The lowest BCUT2D eigenvalue weighted by Crippen LogP contribution is -2.36. The number of hydrogen-bond donors (Lipinski definition) is 1. The molecule has 0 bridgehead atoms. The number of ether oxygens (including phenoxy) is 1. The van der Waals surface area contributed by atoms with E-state index in [9.17, 15) is 18.0 Å². The lowest BCUT2D eigenvalue weighted by molar-refractivity contribution is 0.0675. The van der Waals surface area contributed by atoms with E-state index in [4.69, 9.17) is 4.74 Å². The second kappa shape index (κ2) is 10.8. The normalized spacial score (nSPS) is 13.3. The van der Waals surface area contributed by atoms with Gasteiger partial charge in [0.25, 0.3) is 21.5 Å². The van der Waals surface area contributed by atoms with Crippen molar-refractivity contribution >= 4 is 32.5 Å². The number of para-hydroxylation sites is 2. The van der Waals surface area contributed by atoms with Crippen LogP contribution in [0.3, 0.4) is 0 Å². The Labute approximate surface area is 220 Å². The van der Waals surface area contributed by atoms with Crippen LogP contribution in [0.1, 0.15) is 28.2 Å². The highest BCUT2D eigenvalue weighted by Crippen LogP contribution is 2.31. The maximum absolute atomic E-state index is 13.5. The molecule has 9 nitrogen and oxygen atoms in total. The number of sulfonamides is 1. The van der Waals surface area contributed by atoms with E-state index in [0.29, 0.717) is 34.5 Å². The van der Waals surface area contributed by atoms with Gasteiger partial charge < -0.3 is 14.6 Å². The minimum atomic E-state index is -3.79. The Hall–Kier alpha value is -4.02. The summed E-state index contributed by atoms with van der Waals surface area (Å²) in [5, 5.41) is 0.471. The number of H-pyrrole nitrogens is 1. The summed E-state index contributed by atoms with van der Waals surface area (Å²) >= 11 is 0. The van der Waals surface area contributed by atoms with E-state index < -0.39 is 10.0 Å². The SMILES string of the molecule is COCCN(Cc1nc2ccccc2c(=O)[nH]1)C(=O)c1ccc(S(=O)(=O)N2CCCc3ccccc32)cc1. The number of aryl methyl sites for hydroxylation is 1. The van der Waals surface area contributed by atoms with Crippen LogP contribution in [-0.4, -0.2) is 56.0 Å². The number of anilines is 1. The van der Waals surface area contributed by atoms with Crippen molar-refractivity contribution < 1.29 is 17.9 Å². The van der Waals surface area contributed by atoms with Crippen LogP contribution in [0.25, 0.3) is 10.9 Å². The van der Waals surface area contributed by atoms with Gasteiger partial charge in [-0.1, -0.05) is 30.3 Å². The van der Waals surface area contributed by atoms with Crippen molar-refractivity contribution in [2.24, 2.45) is 0 Å². The number of hydrogen-bond acceptors (Lipinski definition) is 6. The van der Waals surface area contributed by atoms with E-state index >= 15 is 0 Å². The minimum Gasteiger partial charge on any atom is -0.383 e. The van der Waals surface area contributed by atoms with Crippen LogP contribution >= 0.6 is 0 Å². The van der Waals surface area contributed by atoms with E-state index in [1.54, 1.807) is 24.3 Å². The summed E-state index contributed by atoms with van der Waals surface area (Å²) in [7, 11) is -2.25. The van der Waals surface area contributed by atoms with Crippen LogP contribution < -0.4 is 9.86 Å². The smallest absolute Gasteiger partial charge is 0.264 e. The van der Waals surface area contributed by atoms with Gasteiger partial charge in [0, 0.05) is 25.8 Å². The molecule has 4 aromatic rings. The number of carbonyl (C=O) groups excluding carboxylic acids is 1. The highest BCUT2D eigenvalue weighted by molar-refractivity contribution is 7.92. The van der Waals surface area contributed by atoms with Gasteiger partial charge in [-0.3, -0.25) is 13.9 Å². The fraction of sp³-hybridized carbons (Fsp3) is 0.250. The molecular formula is C28H28N4O5S. The van der Waals surface area contributed by atoms with Gasteiger partial charge in [-0.05, 0) is 60.9 Å². The number of benzene rings is 3. The molecule has 2 heterocycles. The second-order valence-corrected chi connectivity index (χ2v) is 10.9. The van der Waals surface area contributed by atoms with Gasteiger partial charge in [0.05, 0.1) is 34.6 Å². The molecule has 0 saturated heterocycles. The van der Waals surface area contributed by atoms with Gasteiger partial charge >= 0.3 is 0 Å². The van der Waals surface area contributed by atoms with Gasteiger partial charge in [0.1, 0.15) is 5.82 Å². The summed E-state index contributed by atoms with van der Waals surface area (Å²) in [5.74, 6) is 0.0197. The zero-order chi connectivity index (χ0) is 26.7. The summed E-state index contributed by atoms with van der Waals surface area (Å²) in [6.07, 6.45) is 1.58. The number of fused-ring (bicyclic) bond motifs is 2.